The van der Waals surface area contributed by atoms with Crippen molar-refractivity contribution in [1.29, 1.82) is 0 Å². The Balaban J connectivity index is 0.826. The lowest BCUT2D eigenvalue weighted by Gasteiger charge is -2.39. The van der Waals surface area contributed by atoms with Crippen LogP contribution in [0.4, 0.5) is 8.78 Å². The molecule has 0 saturated carbocycles. The van der Waals surface area contributed by atoms with Gasteiger partial charge in [-0.3, -0.25) is 48.5 Å². The van der Waals surface area contributed by atoms with Crippen molar-refractivity contribution in [3.05, 3.63) is 142 Å². The maximum atomic E-state index is 15.1. The highest BCUT2D eigenvalue weighted by molar-refractivity contribution is 7.39. The van der Waals surface area contributed by atoms with Crippen LogP contribution in [0.5, 0.6) is 0 Å². The first kappa shape index (κ1) is 60.7. The van der Waals surface area contributed by atoms with E-state index in [4.69, 9.17) is 15.5 Å². The molecular formula is C61H65F2N10O12P. The minimum Gasteiger partial charge on any atom is -0.370 e. The summed E-state index contributed by atoms with van der Waals surface area (Å²) in [6.07, 6.45) is -1.89. The average Bonchev–Trinajstić information content (AvgIpc) is 1.95. The van der Waals surface area contributed by atoms with E-state index in [1.807, 2.05) is 66.7 Å². The number of hydrogen-bond donors (Lipinski definition) is 8. The van der Waals surface area contributed by atoms with Crippen LogP contribution in [0.3, 0.4) is 0 Å². The number of nitrogens with zero attached hydrogens (tertiary/aromatic N) is 4. The van der Waals surface area contributed by atoms with Gasteiger partial charge in [-0.05, 0) is 111 Å². The largest absolute Gasteiger partial charge is 0.389 e. The maximum absolute atomic E-state index is 15.1. The summed E-state index contributed by atoms with van der Waals surface area (Å²) >= 11 is 0. The highest BCUT2D eigenvalue weighted by atomic mass is 31.2. The van der Waals surface area contributed by atoms with Crippen LogP contribution >= 0.6 is 8.60 Å². The molecule has 9 amide bonds. The Morgan fingerprint density at radius 3 is 2.23 bits per heavy atom. The van der Waals surface area contributed by atoms with E-state index in [-0.39, 0.29) is 105 Å². The van der Waals surface area contributed by atoms with Crippen molar-refractivity contribution in [2.24, 2.45) is 11.7 Å². The summed E-state index contributed by atoms with van der Waals surface area (Å²) < 4.78 is 33.6. The molecule has 1 aromatic heterocycles. The summed E-state index contributed by atoms with van der Waals surface area (Å²) in [4.78, 5) is 150. The van der Waals surface area contributed by atoms with E-state index in [1.165, 1.54) is 26.8 Å². The monoisotopic (exact) mass is 1200 g/mol. The fourth-order valence-electron chi connectivity index (χ4n) is 12.1. The lowest BCUT2D eigenvalue weighted by molar-refractivity contribution is -0.189. The van der Waals surface area contributed by atoms with Crippen LogP contribution in [-0.2, 0) is 50.7 Å². The molecule has 6 heterocycles. The number of nitrogens with two attached hydrogens (primary N) is 1. The highest BCUT2D eigenvalue weighted by Gasteiger charge is 2.47. The molecule has 5 aromatic rings. The molecule has 0 bridgehead atoms. The van der Waals surface area contributed by atoms with E-state index in [0.29, 0.717) is 50.0 Å². The molecule has 5 aliphatic heterocycles. The summed E-state index contributed by atoms with van der Waals surface area (Å²) in [5, 5.41) is 11.0. The number of imide groups is 1. The van der Waals surface area contributed by atoms with Crippen LogP contribution in [-0.4, -0.2) is 150 Å². The average molecular weight is 1200 g/mol. The number of carbonyl (C=O) groups is 9. The standard InChI is InChI=1S/C61H65F2N10O12P/c62-61(63,85-86(83)84)41-16-18-45-40(32-41)33-47(65-45)56(78)67-48-35-71(53(76)27-30-70-28-24-36(25-29-70)14-15-37-12-7-13-43-44(37)34-72(59(43)81)49-21-23-52(75)68-57(49)79)31-26-42-17-20-50(73(42)60(48)82)58(80)66-46(19-22-51(64)74)55(77)69-54(38-8-3-1-4-9-38)39-10-5-2-6-11-39/h1-13,16,18,32-33,36,42,46,48-50,54,65,83-84H,17,19-31,34-35H2,(H2,64,74)(H,66,80)(H,67,78)(H,69,77)(H,68,75,79)/t42-,46+,48+,49?,50+/m1/s1. The van der Waals surface area contributed by atoms with Gasteiger partial charge in [0.15, 0.2) is 0 Å². The van der Waals surface area contributed by atoms with Crippen LogP contribution in [0, 0.1) is 17.8 Å². The first-order valence-electron chi connectivity index (χ1n) is 28.6. The van der Waals surface area contributed by atoms with Gasteiger partial charge in [-0.25, -0.2) is 4.52 Å². The number of aromatic amines is 1. The number of aromatic nitrogens is 1. The van der Waals surface area contributed by atoms with Crippen molar-refractivity contribution in [3.8, 4) is 11.8 Å². The lowest BCUT2D eigenvalue weighted by Crippen LogP contribution is -2.62. The molecule has 0 aliphatic carbocycles. The van der Waals surface area contributed by atoms with Crippen molar-refractivity contribution in [3.63, 3.8) is 0 Å². The number of hydrogen-bond acceptors (Lipinski definition) is 13. The van der Waals surface area contributed by atoms with Gasteiger partial charge in [0.05, 0.1) is 11.6 Å². The van der Waals surface area contributed by atoms with Crippen molar-refractivity contribution in [2.75, 3.05) is 32.7 Å². The lowest BCUT2D eigenvalue weighted by atomic mass is 9.96. The molecule has 9 N–H and O–H groups in total. The third-order valence-corrected chi connectivity index (χ3v) is 17.0. The van der Waals surface area contributed by atoms with Gasteiger partial charge in [-0.15, -0.1) is 0 Å². The molecule has 86 heavy (non-hydrogen) atoms. The molecule has 0 radical (unpaired) electrons. The number of carbonyl (C=O) groups excluding carboxylic acids is 9. The molecule has 1 unspecified atom stereocenters. The molecule has 10 rings (SSSR count). The summed E-state index contributed by atoms with van der Waals surface area (Å²) in [7, 11) is -3.43. The first-order chi connectivity index (χ1) is 41.3. The van der Waals surface area contributed by atoms with E-state index < -0.39 is 92.0 Å². The van der Waals surface area contributed by atoms with Crippen LogP contribution < -0.4 is 27.0 Å². The van der Waals surface area contributed by atoms with Gasteiger partial charge in [0.25, 0.3) is 11.8 Å². The molecule has 4 saturated heterocycles. The summed E-state index contributed by atoms with van der Waals surface area (Å²) in [5.74, 6) is 1.73. The Bertz CT molecular complexity index is 3460. The minimum atomic E-state index is -4.09. The van der Waals surface area contributed by atoms with Crippen molar-refractivity contribution in [1.82, 2.24) is 45.9 Å². The zero-order valence-corrected chi connectivity index (χ0v) is 47.6. The van der Waals surface area contributed by atoms with Crippen LogP contribution in [0.2, 0.25) is 0 Å². The SMILES string of the molecule is NC(=O)CC[C@H](NC(=O)[C@@H]1CC[C@@H]2CCN(C(=O)CCN3CCC(C#Cc4cccc5c4CN(C4CCC(=O)NC4=O)C5=O)CC3)C[C@H](NC(=O)c3cc4cc(C(F)(F)OP(O)O)ccc4[nH]3)C(=O)N21)C(=O)NC(c1ccccc1)c1ccccc1. The highest BCUT2D eigenvalue weighted by Crippen LogP contribution is 2.42. The zero-order chi connectivity index (χ0) is 60.8. The Labute approximate surface area is 494 Å². The smallest absolute Gasteiger partial charge is 0.370 e. The molecule has 22 nitrogen and oxygen atoms in total. The molecule has 5 atom stereocenters. The first-order valence-corrected chi connectivity index (χ1v) is 29.7. The summed E-state index contributed by atoms with van der Waals surface area (Å²) in [6.45, 7) is 1.68. The van der Waals surface area contributed by atoms with Gasteiger partial charge >= 0.3 is 14.7 Å². The van der Waals surface area contributed by atoms with E-state index in [0.717, 1.165) is 28.8 Å². The summed E-state index contributed by atoms with van der Waals surface area (Å²) in [6, 6.07) is 22.3. The third kappa shape index (κ3) is 13.9. The van der Waals surface area contributed by atoms with Crippen molar-refractivity contribution >= 4 is 72.7 Å². The Morgan fingerprint density at radius 2 is 1.55 bits per heavy atom. The van der Waals surface area contributed by atoms with Crippen LogP contribution in [0.15, 0.2) is 103 Å². The number of halogens is 2. The topological polar surface area (TPSA) is 306 Å². The van der Waals surface area contributed by atoms with Crippen molar-refractivity contribution in [2.45, 2.75) is 113 Å². The van der Waals surface area contributed by atoms with Gasteiger partial charge in [0.1, 0.15) is 29.9 Å². The number of benzene rings is 4. The number of alkyl halides is 2. The van der Waals surface area contributed by atoms with Crippen molar-refractivity contribution < 1.29 is 66.2 Å². The van der Waals surface area contributed by atoms with Gasteiger partial charge in [-0.2, -0.15) is 8.78 Å². The van der Waals surface area contributed by atoms with Crippen LogP contribution in [0.1, 0.15) is 119 Å². The normalized spacial score (nSPS) is 20.6. The number of primary amides is 1. The maximum Gasteiger partial charge on any atom is 0.389 e. The molecule has 4 fully saturated rings. The fraction of sp³-hybridized carbons (Fsp3) is 0.393. The Hall–Kier alpha value is -8.46. The van der Waals surface area contributed by atoms with E-state index in [1.54, 1.807) is 12.1 Å². The summed E-state index contributed by atoms with van der Waals surface area (Å²) in [5.41, 5.74) is 8.34. The Kier molecular flexibility index (Phi) is 18.6. The predicted molar refractivity (Wildman–Crippen MR) is 307 cm³/mol. The second kappa shape index (κ2) is 26.4. The predicted octanol–water partition coefficient (Wildman–Crippen LogP) is 3.71. The number of piperidine rings is 2. The van der Waals surface area contributed by atoms with Gasteiger partial charge in [0, 0.05) is 79.4 Å². The molecule has 0 spiro atoms. The van der Waals surface area contributed by atoms with Gasteiger partial charge < -0.3 is 56.1 Å². The number of H-pyrrole nitrogens is 1. The van der Waals surface area contributed by atoms with E-state index in [2.05, 4.69) is 47.5 Å². The van der Waals surface area contributed by atoms with Crippen LogP contribution in [0.25, 0.3) is 10.9 Å². The van der Waals surface area contributed by atoms with Gasteiger partial charge in [0.2, 0.25) is 41.4 Å². The van der Waals surface area contributed by atoms with E-state index >= 15 is 4.79 Å². The number of rotatable bonds is 18. The second-order valence-corrected chi connectivity index (χ2v) is 22.9. The fourth-order valence-corrected chi connectivity index (χ4v) is 12.4. The minimum absolute atomic E-state index is 0.0197. The van der Waals surface area contributed by atoms with Gasteiger partial charge in [-0.1, -0.05) is 78.6 Å². The Morgan fingerprint density at radius 1 is 0.826 bits per heavy atom. The number of fused-ring (bicyclic) bond motifs is 3. The molecule has 4 aromatic carbocycles. The number of nitrogens with one attached hydrogen (secondary N) is 5. The quantitative estimate of drug-likeness (QED) is 0.0353. The number of likely N-dealkylation sites (tertiary alicyclic amines) is 1. The third-order valence-electron chi connectivity index (χ3n) is 16.6. The zero-order valence-electron chi connectivity index (χ0n) is 46.7. The molecule has 25 heteroatoms. The van der Waals surface area contributed by atoms with E-state index in [9.17, 15) is 47.1 Å². The second-order valence-electron chi connectivity index (χ2n) is 22.2. The molecule has 5 aliphatic rings. The number of amides is 9. The molecular weight excluding hydrogens is 1130 g/mol. The molecule has 450 valence electrons.